The monoisotopic (exact) mass is 608 g/mol. The third-order valence-electron chi connectivity index (χ3n) is 7.43. The summed E-state index contributed by atoms with van der Waals surface area (Å²) >= 11 is 0. The number of rotatable bonds is 12. The molecular formula is C30H45BN8O3S. The van der Waals surface area contributed by atoms with E-state index in [-0.39, 0.29) is 6.09 Å². The van der Waals surface area contributed by atoms with Crippen LogP contribution < -0.4 is 0 Å². The number of unbranched alkanes of at least 4 members (excludes halogenated alkanes) is 1. The van der Waals surface area contributed by atoms with Gasteiger partial charge >= 0.3 is 6.09 Å². The standard InChI is InChI=1S/C30H45BN8O3S/c1-29(2,3)42-28(40)36-13-15-38(16-14-36)30(31,10-7-8-11-32)21-39-20-24(19-35-39)26-25-9-12-37(27(25)34-22-33-26)23-41-17-18-43(4,5)6/h9,12,19-20,22H,7-8,10,13-18,21,23H2,1-6H3/t30-/m1/s1. The number of aromatic nitrogens is 5. The molecule has 0 aromatic carbocycles. The van der Waals surface area contributed by atoms with Crippen molar-refractivity contribution in [3.05, 3.63) is 31.0 Å². The highest BCUT2D eigenvalue weighted by Crippen LogP contribution is 2.33. The van der Waals surface area contributed by atoms with Gasteiger partial charge in [0, 0.05) is 67.1 Å². The molecule has 1 aliphatic heterocycles. The molecule has 232 valence electrons. The number of fused-ring (bicyclic) bond motifs is 1. The zero-order valence-corrected chi connectivity index (χ0v) is 27.3. The molecule has 4 rings (SSSR count). The van der Waals surface area contributed by atoms with Crippen molar-refractivity contribution in [2.75, 3.05) is 57.3 Å². The zero-order chi connectivity index (χ0) is 31.3. The summed E-state index contributed by atoms with van der Waals surface area (Å²) in [5.74, 6) is 1.06. The molecule has 0 aliphatic carbocycles. The van der Waals surface area contributed by atoms with Crippen LogP contribution in [0.1, 0.15) is 40.0 Å². The number of hydrogen-bond donors (Lipinski definition) is 0. The van der Waals surface area contributed by atoms with Gasteiger partial charge in [-0.15, -0.1) is 0 Å². The molecule has 13 heteroatoms. The highest BCUT2D eigenvalue weighted by molar-refractivity contribution is 8.32. The van der Waals surface area contributed by atoms with Crippen LogP contribution in [0.15, 0.2) is 31.0 Å². The van der Waals surface area contributed by atoms with E-state index < -0.39 is 21.1 Å². The maximum absolute atomic E-state index is 12.6. The molecule has 3 aromatic heterocycles. The van der Waals surface area contributed by atoms with Gasteiger partial charge in [-0.1, -0.05) is 0 Å². The molecule has 0 saturated carbocycles. The first-order valence-electron chi connectivity index (χ1n) is 14.7. The average Bonchev–Trinajstić information content (AvgIpc) is 3.57. The number of nitrogens with zero attached hydrogens (tertiary/aromatic N) is 8. The van der Waals surface area contributed by atoms with E-state index >= 15 is 0 Å². The number of amides is 1. The van der Waals surface area contributed by atoms with Gasteiger partial charge in [0.15, 0.2) is 0 Å². The molecule has 0 spiro atoms. The minimum atomic E-state index is -0.739. The van der Waals surface area contributed by atoms with E-state index in [1.165, 1.54) is 0 Å². The van der Waals surface area contributed by atoms with E-state index in [1.54, 1.807) is 17.4 Å². The minimum absolute atomic E-state index is 0.307. The minimum Gasteiger partial charge on any atom is -0.444 e. The van der Waals surface area contributed by atoms with Crippen LogP contribution in [0.5, 0.6) is 0 Å². The Kier molecular flexibility index (Phi) is 10.5. The number of carbonyl (C=O) groups excluding carboxylic acids is 1. The molecule has 2 radical (unpaired) electrons. The molecule has 1 aliphatic rings. The lowest BCUT2D eigenvalue weighted by atomic mass is 9.71. The molecule has 1 atom stereocenters. The summed E-state index contributed by atoms with van der Waals surface area (Å²) in [6.45, 7) is 9.45. The van der Waals surface area contributed by atoms with Crippen LogP contribution in [-0.4, -0.2) is 116 Å². The van der Waals surface area contributed by atoms with Gasteiger partial charge in [0.25, 0.3) is 0 Å². The smallest absolute Gasteiger partial charge is 0.410 e. The molecule has 11 nitrogen and oxygen atoms in total. The summed E-state index contributed by atoms with van der Waals surface area (Å²) in [5.41, 5.74) is 1.20. The van der Waals surface area contributed by atoms with Gasteiger partial charge in [0.1, 0.15) is 24.3 Å². The van der Waals surface area contributed by atoms with E-state index in [4.69, 9.17) is 22.6 Å². The molecule has 0 bridgehead atoms. The van der Waals surface area contributed by atoms with Crippen LogP contribution in [0.2, 0.25) is 0 Å². The predicted octanol–water partition coefficient (Wildman–Crippen LogP) is 4.07. The first-order valence-corrected chi connectivity index (χ1v) is 17.8. The Bertz CT molecular complexity index is 1420. The molecule has 1 saturated heterocycles. The highest BCUT2D eigenvalue weighted by atomic mass is 32.3. The fraction of sp³-hybridized carbons (Fsp3) is 0.633. The third-order valence-corrected chi connectivity index (χ3v) is 8.82. The second-order valence-corrected chi connectivity index (χ2v) is 17.7. The largest absolute Gasteiger partial charge is 0.444 e. The Morgan fingerprint density at radius 2 is 1.91 bits per heavy atom. The van der Waals surface area contributed by atoms with Crippen molar-refractivity contribution >= 4 is 35.0 Å². The molecule has 0 N–H and O–H groups in total. The number of piperazine rings is 1. The summed E-state index contributed by atoms with van der Waals surface area (Å²) in [7, 11) is 6.47. The van der Waals surface area contributed by atoms with Crippen LogP contribution in [0.25, 0.3) is 22.3 Å². The topological polar surface area (TPSA) is 114 Å². The summed E-state index contributed by atoms with van der Waals surface area (Å²) in [6, 6.07) is 4.24. The number of carbonyl (C=O) groups is 1. The number of hydrogen-bond acceptors (Lipinski definition) is 8. The quantitative estimate of drug-likeness (QED) is 0.223. The van der Waals surface area contributed by atoms with Gasteiger partial charge in [-0.2, -0.15) is 10.4 Å². The Balaban J connectivity index is 1.46. The molecule has 43 heavy (non-hydrogen) atoms. The van der Waals surface area contributed by atoms with Crippen LogP contribution in [0, 0.1) is 11.3 Å². The van der Waals surface area contributed by atoms with Crippen LogP contribution in [0.3, 0.4) is 0 Å². The van der Waals surface area contributed by atoms with Crippen molar-refractivity contribution in [1.29, 1.82) is 5.26 Å². The number of ether oxygens (including phenoxy) is 2. The maximum Gasteiger partial charge on any atom is 0.410 e. The molecule has 1 amide bonds. The van der Waals surface area contributed by atoms with Crippen molar-refractivity contribution < 1.29 is 14.3 Å². The summed E-state index contributed by atoms with van der Waals surface area (Å²) < 4.78 is 15.4. The zero-order valence-electron chi connectivity index (χ0n) is 26.5. The lowest BCUT2D eigenvalue weighted by molar-refractivity contribution is 0.00424. The summed E-state index contributed by atoms with van der Waals surface area (Å²) in [6.07, 6.45) is 15.6. The van der Waals surface area contributed by atoms with E-state index in [0.717, 1.165) is 28.0 Å². The Hall–Kier alpha value is -3.08. The van der Waals surface area contributed by atoms with Crippen LogP contribution in [0.4, 0.5) is 4.79 Å². The molecule has 0 unspecified atom stereocenters. The lowest BCUT2D eigenvalue weighted by Crippen LogP contribution is -2.60. The van der Waals surface area contributed by atoms with Crippen molar-refractivity contribution in [2.24, 2.45) is 0 Å². The Morgan fingerprint density at radius 1 is 1.16 bits per heavy atom. The van der Waals surface area contributed by atoms with Crippen molar-refractivity contribution in [3.63, 3.8) is 0 Å². The van der Waals surface area contributed by atoms with Crippen LogP contribution in [-0.2, 0) is 22.7 Å². The van der Waals surface area contributed by atoms with Crippen LogP contribution >= 0.6 is 10.0 Å². The van der Waals surface area contributed by atoms with Crippen molar-refractivity contribution in [2.45, 2.75) is 64.3 Å². The van der Waals surface area contributed by atoms with Gasteiger partial charge in [0.05, 0.1) is 39.0 Å². The van der Waals surface area contributed by atoms with E-state index in [0.29, 0.717) is 65.3 Å². The first-order chi connectivity index (χ1) is 20.3. The fourth-order valence-corrected chi connectivity index (χ4v) is 5.75. The van der Waals surface area contributed by atoms with Gasteiger partial charge in [-0.05, 0) is 58.4 Å². The Morgan fingerprint density at radius 3 is 2.58 bits per heavy atom. The summed E-state index contributed by atoms with van der Waals surface area (Å²) in [5, 5.41) is 14.7. The number of nitriles is 1. The molecule has 1 fully saturated rings. The maximum atomic E-state index is 12.6. The van der Waals surface area contributed by atoms with Gasteiger partial charge < -0.3 is 23.8 Å². The molecule has 3 aromatic rings. The Labute approximate surface area is 258 Å². The predicted molar refractivity (Wildman–Crippen MR) is 172 cm³/mol. The molecular weight excluding hydrogens is 563 g/mol. The molecule has 4 heterocycles. The average molecular weight is 609 g/mol. The van der Waals surface area contributed by atoms with Gasteiger partial charge in [-0.3, -0.25) is 4.68 Å². The van der Waals surface area contributed by atoms with E-state index in [9.17, 15) is 4.79 Å². The summed E-state index contributed by atoms with van der Waals surface area (Å²) in [4.78, 5) is 25.6. The third kappa shape index (κ3) is 8.97. The fourth-order valence-electron chi connectivity index (χ4n) is 5.13. The van der Waals surface area contributed by atoms with E-state index in [1.807, 2.05) is 48.5 Å². The van der Waals surface area contributed by atoms with E-state index in [2.05, 4.69) is 44.8 Å². The first kappa shape index (κ1) is 32.8. The lowest BCUT2D eigenvalue weighted by Gasteiger charge is -2.46. The second kappa shape index (κ2) is 13.7. The van der Waals surface area contributed by atoms with Crippen molar-refractivity contribution in [1.82, 2.24) is 34.1 Å². The van der Waals surface area contributed by atoms with Gasteiger partial charge in [0.2, 0.25) is 0 Å². The normalized spacial score (nSPS) is 16.6. The second-order valence-electron chi connectivity index (χ2n) is 13.1. The van der Waals surface area contributed by atoms with Gasteiger partial charge in [-0.25, -0.2) is 24.8 Å². The highest BCUT2D eigenvalue weighted by Gasteiger charge is 2.36. The SMILES string of the molecule is [B][C@@](CCCC#N)(Cn1cc(-c2ncnc3c2ccn3COCCS(C)(C)C)cn1)N1CCN(C(=O)OC(C)(C)C)CC1. The van der Waals surface area contributed by atoms with Crippen molar-refractivity contribution in [3.8, 4) is 17.3 Å².